The smallest absolute Gasteiger partial charge is 0.199 e. The van der Waals surface area contributed by atoms with E-state index in [2.05, 4.69) is 11.5 Å². The van der Waals surface area contributed by atoms with Crippen LogP contribution < -0.4 is 4.74 Å². The Morgan fingerprint density at radius 2 is 1.90 bits per heavy atom. The molecule has 1 aliphatic rings. The Hall–Kier alpha value is -2.77. The minimum Gasteiger partial charge on any atom is -0.497 e. The van der Waals surface area contributed by atoms with E-state index in [1.165, 1.54) is 12.1 Å². The van der Waals surface area contributed by atoms with Gasteiger partial charge in [-0.25, -0.2) is 9.07 Å². The van der Waals surface area contributed by atoms with Crippen molar-refractivity contribution < 1.29 is 9.13 Å². The molecule has 4 rings (SSSR count). The summed E-state index contributed by atoms with van der Waals surface area (Å²) in [5.41, 5.74) is 2.05. The largest absolute Gasteiger partial charge is 0.497 e. The number of nitrogens with zero attached hydrogens (tertiary/aromatic N) is 4. The van der Waals surface area contributed by atoms with Crippen molar-refractivity contribution in [1.82, 2.24) is 19.2 Å². The fourth-order valence-electron chi connectivity index (χ4n) is 3.51. The molecule has 0 amide bonds. The molecule has 30 heavy (non-hydrogen) atoms. The molecule has 2 aromatic carbocycles. The number of benzene rings is 2. The van der Waals surface area contributed by atoms with Crippen LogP contribution in [0.1, 0.15) is 18.4 Å². The van der Waals surface area contributed by atoms with Gasteiger partial charge in [0.15, 0.2) is 10.6 Å². The molecule has 0 aliphatic heterocycles. The van der Waals surface area contributed by atoms with E-state index in [0.29, 0.717) is 24.0 Å². The van der Waals surface area contributed by atoms with Gasteiger partial charge in [0.25, 0.3) is 0 Å². The van der Waals surface area contributed by atoms with Gasteiger partial charge in [0.2, 0.25) is 0 Å². The van der Waals surface area contributed by atoms with Crippen molar-refractivity contribution in [3.05, 3.63) is 77.3 Å². The summed E-state index contributed by atoms with van der Waals surface area (Å²) in [5.74, 6) is 1.39. The lowest BCUT2D eigenvalue weighted by atomic mass is 10.2. The second-order valence-electron chi connectivity index (χ2n) is 7.48. The molecular weight excluding hydrogens is 399 g/mol. The third-order valence-electron chi connectivity index (χ3n) is 5.26. The first kappa shape index (κ1) is 20.5. The van der Waals surface area contributed by atoms with Crippen LogP contribution in [0.5, 0.6) is 5.75 Å². The summed E-state index contributed by atoms with van der Waals surface area (Å²) in [7, 11) is 1.65. The third kappa shape index (κ3) is 4.52. The average molecular weight is 425 g/mol. The van der Waals surface area contributed by atoms with Crippen LogP contribution in [0.15, 0.2) is 61.2 Å². The lowest BCUT2D eigenvalue weighted by Gasteiger charge is -2.21. The van der Waals surface area contributed by atoms with Crippen molar-refractivity contribution in [3.63, 3.8) is 0 Å². The van der Waals surface area contributed by atoms with Crippen molar-refractivity contribution in [1.29, 1.82) is 0 Å². The molecule has 0 bridgehead atoms. The Labute approximate surface area is 181 Å². The van der Waals surface area contributed by atoms with E-state index < -0.39 is 0 Å². The van der Waals surface area contributed by atoms with Crippen LogP contribution in [0.25, 0.3) is 11.4 Å². The standard InChI is InChI=1S/C23H25FN4OS/c1-3-14-27-22(18-6-12-21(29-2)13-7-18)25-28(23(27)30)16-26(20-10-11-20)15-17-4-8-19(24)9-5-17/h3-9,12-13,20H,1,10-11,14-16H2,2H3. The van der Waals surface area contributed by atoms with Gasteiger partial charge in [0.1, 0.15) is 11.6 Å². The van der Waals surface area contributed by atoms with E-state index in [4.69, 9.17) is 22.1 Å². The maximum absolute atomic E-state index is 13.3. The molecule has 0 unspecified atom stereocenters. The highest BCUT2D eigenvalue weighted by Crippen LogP contribution is 2.29. The maximum atomic E-state index is 13.3. The summed E-state index contributed by atoms with van der Waals surface area (Å²) in [6.45, 7) is 5.78. The summed E-state index contributed by atoms with van der Waals surface area (Å²) in [6, 6.07) is 15.0. The SMILES string of the molecule is C=CCn1c(-c2ccc(OC)cc2)nn(CN(Cc2ccc(F)cc2)C2CC2)c1=S. The minimum absolute atomic E-state index is 0.216. The first-order valence-corrected chi connectivity index (χ1v) is 10.4. The maximum Gasteiger partial charge on any atom is 0.199 e. The lowest BCUT2D eigenvalue weighted by Crippen LogP contribution is -2.29. The van der Waals surface area contributed by atoms with Crippen LogP contribution in [0.2, 0.25) is 0 Å². The number of hydrogen-bond acceptors (Lipinski definition) is 4. The number of allylic oxidation sites excluding steroid dienone is 1. The third-order valence-corrected chi connectivity index (χ3v) is 5.69. The topological polar surface area (TPSA) is 35.2 Å². The molecule has 1 aromatic heterocycles. The fourth-order valence-corrected chi connectivity index (χ4v) is 3.77. The molecule has 1 fully saturated rings. The monoisotopic (exact) mass is 424 g/mol. The summed E-state index contributed by atoms with van der Waals surface area (Å²) >= 11 is 5.75. The second kappa shape index (κ2) is 8.93. The Bertz CT molecular complexity index is 1070. The van der Waals surface area contributed by atoms with Gasteiger partial charge in [-0.15, -0.1) is 6.58 Å². The molecular formula is C23H25FN4OS. The van der Waals surface area contributed by atoms with E-state index in [-0.39, 0.29) is 5.82 Å². The molecule has 7 heteroatoms. The van der Waals surface area contributed by atoms with E-state index >= 15 is 0 Å². The summed E-state index contributed by atoms with van der Waals surface area (Å²) in [5, 5.41) is 4.85. The van der Waals surface area contributed by atoms with Crippen LogP contribution in [0.4, 0.5) is 4.39 Å². The molecule has 0 saturated heterocycles. The number of aromatic nitrogens is 3. The van der Waals surface area contributed by atoms with Gasteiger partial charge < -0.3 is 4.74 Å². The highest BCUT2D eigenvalue weighted by atomic mass is 32.1. The molecule has 5 nitrogen and oxygen atoms in total. The van der Waals surface area contributed by atoms with E-state index in [9.17, 15) is 4.39 Å². The van der Waals surface area contributed by atoms with Crippen molar-refractivity contribution >= 4 is 12.2 Å². The van der Waals surface area contributed by atoms with Crippen LogP contribution in [-0.2, 0) is 19.8 Å². The highest BCUT2D eigenvalue weighted by Gasteiger charge is 2.30. The predicted octanol–water partition coefficient (Wildman–Crippen LogP) is 5.04. The quantitative estimate of drug-likeness (QED) is 0.356. The van der Waals surface area contributed by atoms with Gasteiger partial charge in [-0.2, -0.15) is 5.10 Å². The lowest BCUT2D eigenvalue weighted by molar-refractivity contribution is 0.186. The Morgan fingerprint density at radius 1 is 1.20 bits per heavy atom. The molecule has 3 aromatic rings. The Kier molecular flexibility index (Phi) is 6.11. The summed E-state index contributed by atoms with van der Waals surface area (Å²) in [4.78, 5) is 2.35. The summed E-state index contributed by atoms with van der Waals surface area (Å²) in [6.07, 6.45) is 4.15. The van der Waals surface area contributed by atoms with Gasteiger partial charge in [-0.1, -0.05) is 18.2 Å². The van der Waals surface area contributed by atoms with Gasteiger partial charge >= 0.3 is 0 Å². The first-order chi connectivity index (χ1) is 14.6. The molecule has 1 heterocycles. The summed E-state index contributed by atoms with van der Waals surface area (Å²) < 4.78 is 23.1. The number of hydrogen-bond donors (Lipinski definition) is 0. The van der Waals surface area contributed by atoms with Crippen LogP contribution in [-0.4, -0.2) is 32.4 Å². The minimum atomic E-state index is -0.216. The van der Waals surface area contributed by atoms with Gasteiger partial charge in [-0.3, -0.25) is 9.47 Å². The average Bonchev–Trinajstić information content (AvgIpc) is 3.57. The molecule has 0 spiro atoms. The van der Waals surface area contributed by atoms with E-state index in [1.807, 2.05) is 51.7 Å². The van der Waals surface area contributed by atoms with Crippen molar-refractivity contribution in [3.8, 4) is 17.1 Å². The zero-order valence-electron chi connectivity index (χ0n) is 17.0. The first-order valence-electron chi connectivity index (χ1n) is 10.0. The fraction of sp³-hybridized carbons (Fsp3) is 0.304. The zero-order chi connectivity index (χ0) is 21.1. The highest BCUT2D eigenvalue weighted by molar-refractivity contribution is 7.71. The van der Waals surface area contributed by atoms with Crippen molar-refractivity contribution in [2.45, 2.75) is 38.6 Å². The van der Waals surface area contributed by atoms with Crippen LogP contribution >= 0.6 is 12.2 Å². The molecule has 1 saturated carbocycles. The molecule has 0 atom stereocenters. The van der Waals surface area contributed by atoms with Gasteiger partial charge in [0, 0.05) is 24.7 Å². The van der Waals surface area contributed by atoms with E-state index in [0.717, 1.165) is 42.1 Å². The number of rotatable bonds is 9. The van der Waals surface area contributed by atoms with E-state index in [1.54, 1.807) is 7.11 Å². The van der Waals surface area contributed by atoms with Crippen LogP contribution in [0, 0.1) is 10.6 Å². The zero-order valence-corrected chi connectivity index (χ0v) is 17.8. The number of halogens is 1. The number of methoxy groups -OCH3 is 1. The number of ether oxygens (including phenoxy) is 1. The predicted molar refractivity (Wildman–Crippen MR) is 118 cm³/mol. The molecule has 156 valence electrons. The normalized spacial score (nSPS) is 13.6. The van der Waals surface area contributed by atoms with Crippen molar-refractivity contribution in [2.75, 3.05) is 7.11 Å². The van der Waals surface area contributed by atoms with Crippen LogP contribution in [0.3, 0.4) is 0 Å². The molecule has 0 N–H and O–H groups in total. The van der Waals surface area contributed by atoms with Gasteiger partial charge in [-0.05, 0) is 67.0 Å². The molecule has 1 aliphatic carbocycles. The second-order valence-corrected chi connectivity index (χ2v) is 7.84. The molecule has 0 radical (unpaired) electrons. The van der Waals surface area contributed by atoms with Crippen molar-refractivity contribution in [2.24, 2.45) is 0 Å². The Morgan fingerprint density at radius 3 is 2.50 bits per heavy atom. The Balaban J connectivity index is 1.63. The van der Waals surface area contributed by atoms with Gasteiger partial charge in [0.05, 0.1) is 13.8 Å².